The minimum absolute atomic E-state index is 0.147. The van der Waals surface area contributed by atoms with E-state index in [9.17, 15) is 14.0 Å². The zero-order chi connectivity index (χ0) is 18.0. The Morgan fingerprint density at radius 2 is 2.28 bits per heavy atom. The van der Waals surface area contributed by atoms with Gasteiger partial charge in [-0.3, -0.25) is 9.59 Å². The van der Waals surface area contributed by atoms with Crippen LogP contribution in [0.3, 0.4) is 0 Å². The predicted molar refractivity (Wildman–Crippen MR) is 93.7 cm³/mol. The summed E-state index contributed by atoms with van der Waals surface area (Å²) in [5.41, 5.74) is 1.59. The third kappa shape index (κ3) is 3.68. The standard InChI is InChI=1S/C17H16BrFN4O2/c1-2-10-7-23(17(25)12-4-3-11(18)5-13(10)12)8-15(24)22-16-14(19)6-20-9-21-16/h3-6,9-10H,2,7-8H2,1H3,(H,20,21,22,24)/t10-/m1/s1. The monoisotopic (exact) mass is 406 g/mol. The molecule has 6 nitrogen and oxygen atoms in total. The van der Waals surface area contributed by atoms with Crippen molar-refractivity contribution in [3.8, 4) is 0 Å². The average Bonchev–Trinajstić information content (AvgIpc) is 2.59. The summed E-state index contributed by atoms with van der Waals surface area (Å²) >= 11 is 3.43. The van der Waals surface area contributed by atoms with Crippen LogP contribution in [0.25, 0.3) is 0 Å². The van der Waals surface area contributed by atoms with E-state index in [1.165, 1.54) is 4.90 Å². The summed E-state index contributed by atoms with van der Waals surface area (Å²) in [7, 11) is 0. The molecule has 1 N–H and O–H groups in total. The van der Waals surface area contributed by atoms with Crippen LogP contribution in [0.2, 0.25) is 0 Å². The van der Waals surface area contributed by atoms with Crippen LogP contribution in [0.1, 0.15) is 35.2 Å². The van der Waals surface area contributed by atoms with Crippen molar-refractivity contribution in [2.24, 2.45) is 0 Å². The van der Waals surface area contributed by atoms with Gasteiger partial charge < -0.3 is 10.2 Å². The van der Waals surface area contributed by atoms with Crippen LogP contribution in [0, 0.1) is 5.82 Å². The van der Waals surface area contributed by atoms with Gasteiger partial charge in [0.25, 0.3) is 5.91 Å². The Bertz CT molecular complexity index is 830. The second-order valence-electron chi connectivity index (χ2n) is 5.79. The minimum Gasteiger partial charge on any atom is -0.329 e. The number of benzene rings is 1. The van der Waals surface area contributed by atoms with E-state index < -0.39 is 11.7 Å². The number of hydrogen-bond donors (Lipinski definition) is 1. The van der Waals surface area contributed by atoms with E-state index in [0.717, 1.165) is 29.0 Å². The van der Waals surface area contributed by atoms with Gasteiger partial charge in [0.1, 0.15) is 12.9 Å². The Kier molecular flexibility index (Phi) is 5.08. The fraction of sp³-hybridized carbons (Fsp3) is 0.294. The minimum atomic E-state index is -0.720. The molecule has 8 heteroatoms. The number of nitrogens with one attached hydrogen (secondary N) is 1. The van der Waals surface area contributed by atoms with E-state index in [0.29, 0.717) is 12.1 Å². The summed E-state index contributed by atoms with van der Waals surface area (Å²) in [6.45, 7) is 2.33. The van der Waals surface area contributed by atoms with Crippen molar-refractivity contribution in [3.63, 3.8) is 0 Å². The summed E-state index contributed by atoms with van der Waals surface area (Å²) < 4.78 is 14.5. The second kappa shape index (κ2) is 7.26. The van der Waals surface area contributed by atoms with E-state index >= 15 is 0 Å². The molecule has 0 radical (unpaired) electrons. The maximum atomic E-state index is 13.5. The van der Waals surface area contributed by atoms with Gasteiger partial charge in [0.15, 0.2) is 11.6 Å². The van der Waals surface area contributed by atoms with Crippen molar-refractivity contribution >= 4 is 33.6 Å². The molecule has 3 rings (SSSR count). The molecular weight excluding hydrogens is 391 g/mol. The number of halogens is 2. The molecule has 1 aromatic heterocycles. The summed E-state index contributed by atoms with van der Waals surface area (Å²) in [5, 5.41) is 2.38. The van der Waals surface area contributed by atoms with Crippen LogP contribution >= 0.6 is 15.9 Å². The van der Waals surface area contributed by atoms with E-state index in [-0.39, 0.29) is 24.2 Å². The normalized spacial score (nSPS) is 16.5. The number of fused-ring (bicyclic) bond motifs is 1. The van der Waals surface area contributed by atoms with Gasteiger partial charge in [-0.05, 0) is 30.2 Å². The molecular formula is C17H16BrFN4O2. The second-order valence-corrected chi connectivity index (χ2v) is 6.71. The lowest BCUT2D eigenvalue weighted by molar-refractivity contribution is -0.117. The molecule has 0 fully saturated rings. The molecule has 0 bridgehead atoms. The lowest BCUT2D eigenvalue weighted by Gasteiger charge is -2.33. The van der Waals surface area contributed by atoms with Crippen molar-refractivity contribution in [3.05, 3.63) is 52.1 Å². The van der Waals surface area contributed by atoms with Crippen LogP contribution in [0.15, 0.2) is 35.2 Å². The fourth-order valence-electron chi connectivity index (χ4n) is 2.92. The molecule has 1 aliphatic heterocycles. The van der Waals surface area contributed by atoms with Gasteiger partial charge in [-0.15, -0.1) is 0 Å². The number of anilines is 1. The molecule has 0 saturated carbocycles. The zero-order valence-electron chi connectivity index (χ0n) is 13.5. The van der Waals surface area contributed by atoms with Gasteiger partial charge in [-0.1, -0.05) is 22.9 Å². The van der Waals surface area contributed by atoms with Crippen molar-refractivity contribution in [1.29, 1.82) is 0 Å². The highest BCUT2D eigenvalue weighted by molar-refractivity contribution is 9.10. The first-order chi connectivity index (χ1) is 12.0. The highest BCUT2D eigenvalue weighted by atomic mass is 79.9. The lowest BCUT2D eigenvalue weighted by Crippen LogP contribution is -2.44. The molecule has 1 atom stereocenters. The Morgan fingerprint density at radius 1 is 1.48 bits per heavy atom. The molecule has 0 saturated heterocycles. The fourth-order valence-corrected chi connectivity index (χ4v) is 3.30. The van der Waals surface area contributed by atoms with Crippen molar-refractivity contribution < 1.29 is 14.0 Å². The number of nitrogens with zero attached hydrogens (tertiary/aromatic N) is 3. The van der Waals surface area contributed by atoms with E-state index in [1.807, 2.05) is 19.1 Å². The van der Waals surface area contributed by atoms with Crippen LogP contribution in [0.4, 0.5) is 10.2 Å². The topological polar surface area (TPSA) is 75.2 Å². The smallest absolute Gasteiger partial charge is 0.254 e. The number of rotatable bonds is 4. The van der Waals surface area contributed by atoms with Gasteiger partial charge in [0.2, 0.25) is 5.91 Å². The maximum Gasteiger partial charge on any atom is 0.254 e. The average molecular weight is 407 g/mol. The molecule has 2 aromatic rings. The Morgan fingerprint density at radius 3 is 3.00 bits per heavy atom. The maximum absolute atomic E-state index is 13.5. The third-order valence-corrected chi connectivity index (χ3v) is 4.66. The van der Waals surface area contributed by atoms with Gasteiger partial charge in [0.05, 0.1) is 6.20 Å². The summed E-state index contributed by atoms with van der Waals surface area (Å²) in [5.74, 6) is -1.47. The van der Waals surface area contributed by atoms with Gasteiger partial charge >= 0.3 is 0 Å². The Balaban J connectivity index is 1.77. The first-order valence-corrected chi connectivity index (χ1v) is 8.63. The number of amides is 2. The summed E-state index contributed by atoms with van der Waals surface area (Å²) in [6.07, 6.45) is 2.96. The molecule has 25 heavy (non-hydrogen) atoms. The summed E-state index contributed by atoms with van der Waals surface area (Å²) in [4.78, 5) is 33.6. The predicted octanol–water partition coefficient (Wildman–Crippen LogP) is 2.97. The lowest BCUT2D eigenvalue weighted by atomic mass is 9.87. The molecule has 130 valence electrons. The summed E-state index contributed by atoms with van der Waals surface area (Å²) in [6, 6.07) is 5.52. The Hall–Kier alpha value is -2.35. The largest absolute Gasteiger partial charge is 0.329 e. The SMILES string of the molecule is CC[C@@H]1CN(CC(=O)Nc2ncncc2F)C(=O)c2ccc(Br)cc21. The molecule has 0 unspecified atom stereocenters. The van der Waals surface area contributed by atoms with Crippen molar-refractivity contribution in [1.82, 2.24) is 14.9 Å². The molecule has 0 aliphatic carbocycles. The number of carbonyl (C=O) groups excluding carboxylic acids is 2. The molecule has 2 amide bonds. The molecule has 2 heterocycles. The quantitative estimate of drug-likeness (QED) is 0.846. The first kappa shape index (κ1) is 17.5. The van der Waals surface area contributed by atoms with Crippen LogP contribution in [-0.2, 0) is 4.79 Å². The van der Waals surface area contributed by atoms with Gasteiger partial charge in [-0.2, -0.15) is 0 Å². The molecule has 0 spiro atoms. The van der Waals surface area contributed by atoms with E-state index in [2.05, 4.69) is 31.2 Å². The number of aromatic nitrogens is 2. The van der Waals surface area contributed by atoms with Crippen LogP contribution in [-0.4, -0.2) is 39.8 Å². The first-order valence-electron chi connectivity index (χ1n) is 7.83. The highest BCUT2D eigenvalue weighted by Crippen LogP contribution is 2.32. The highest BCUT2D eigenvalue weighted by Gasteiger charge is 2.31. The molecule has 1 aliphatic rings. The van der Waals surface area contributed by atoms with E-state index in [1.54, 1.807) is 6.07 Å². The number of carbonyl (C=O) groups is 2. The van der Waals surface area contributed by atoms with Crippen LogP contribution < -0.4 is 5.32 Å². The number of hydrogen-bond acceptors (Lipinski definition) is 4. The van der Waals surface area contributed by atoms with E-state index in [4.69, 9.17) is 0 Å². The molecule has 1 aromatic carbocycles. The van der Waals surface area contributed by atoms with Gasteiger partial charge in [0, 0.05) is 22.5 Å². The van der Waals surface area contributed by atoms with Gasteiger partial charge in [-0.25, -0.2) is 14.4 Å². The Labute approximate surface area is 152 Å². The van der Waals surface area contributed by atoms with Crippen LogP contribution in [0.5, 0.6) is 0 Å². The van der Waals surface area contributed by atoms with Crippen molar-refractivity contribution in [2.75, 3.05) is 18.4 Å². The van der Waals surface area contributed by atoms with Crippen molar-refractivity contribution in [2.45, 2.75) is 19.3 Å². The third-order valence-electron chi connectivity index (χ3n) is 4.16. The zero-order valence-corrected chi connectivity index (χ0v) is 15.1.